The molecule has 1 aliphatic rings. The number of fused-ring (bicyclic) bond motifs is 1. The Balaban J connectivity index is 1.95. The number of aliphatic hydroxyl groups is 1. The lowest BCUT2D eigenvalue weighted by Crippen LogP contribution is -2.27. The van der Waals surface area contributed by atoms with E-state index < -0.39 is 24.8 Å². The minimum Gasteiger partial charge on any atom is -0.390 e. The lowest BCUT2D eigenvalue weighted by Gasteiger charge is -2.29. The summed E-state index contributed by atoms with van der Waals surface area (Å²) in [5.74, 6) is 0. The fraction of sp³-hybridized carbons (Fsp3) is 0.571. The summed E-state index contributed by atoms with van der Waals surface area (Å²) in [7, 11) is 0. The molecule has 1 aliphatic heterocycles. The minimum absolute atomic E-state index is 0.0767. The number of hydrogen-bond acceptors (Lipinski definition) is 2. The van der Waals surface area contributed by atoms with Crippen LogP contribution in [-0.2, 0) is 11.2 Å². The van der Waals surface area contributed by atoms with E-state index in [1.807, 2.05) is 24.3 Å². The van der Waals surface area contributed by atoms with Crippen molar-refractivity contribution in [2.75, 3.05) is 6.61 Å². The molecule has 1 heterocycles. The van der Waals surface area contributed by atoms with E-state index in [1.54, 1.807) is 0 Å². The summed E-state index contributed by atoms with van der Waals surface area (Å²) < 4.78 is 41.7. The van der Waals surface area contributed by atoms with Crippen LogP contribution in [0.3, 0.4) is 0 Å². The highest BCUT2D eigenvalue weighted by Gasteiger charge is 2.30. The second-order valence-corrected chi connectivity index (χ2v) is 4.81. The van der Waals surface area contributed by atoms with Crippen molar-refractivity contribution in [2.45, 2.75) is 44.1 Å². The van der Waals surface area contributed by atoms with Gasteiger partial charge >= 0.3 is 6.18 Å². The average molecular weight is 274 g/mol. The highest BCUT2D eigenvalue weighted by atomic mass is 19.4. The van der Waals surface area contributed by atoms with Crippen LogP contribution < -0.4 is 0 Å². The van der Waals surface area contributed by atoms with Gasteiger partial charge in [-0.15, -0.1) is 0 Å². The molecule has 0 aromatic heterocycles. The Hall–Kier alpha value is -1.07. The molecule has 0 aliphatic carbocycles. The van der Waals surface area contributed by atoms with Crippen LogP contribution in [0.2, 0.25) is 0 Å². The first-order chi connectivity index (χ1) is 8.97. The second-order valence-electron chi connectivity index (χ2n) is 4.81. The van der Waals surface area contributed by atoms with E-state index in [0.717, 1.165) is 17.5 Å². The number of hydrogen-bond donors (Lipinski definition) is 1. The molecule has 2 rings (SSSR count). The molecule has 5 heteroatoms. The Kier molecular flexibility index (Phi) is 4.47. The SMILES string of the molecule is OC(CCCC(F)(F)F)C1OCCc2ccccc21. The number of ether oxygens (including phenoxy) is 1. The van der Waals surface area contributed by atoms with Gasteiger partial charge in [-0.3, -0.25) is 0 Å². The molecule has 2 nitrogen and oxygen atoms in total. The first-order valence-electron chi connectivity index (χ1n) is 6.41. The standard InChI is InChI=1S/C14H17F3O2/c15-14(16,17)8-3-6-12(18)13-11-5-2-1-4-10(11)7-9-19-13/h1-2,4-5,12-13,18H,3,6-9H2. The van der Waals surface area contributed by atoms with Gasteiger partial charge in [0.15, 0.2) is 0 Å². The Morgan fingerprint density at radius 3 is 2.79 bits per heavy atom. The topological polar surface area (TPSA) is 29.5 Å². The van der Waals surface area contributed by atoms with Gasteiger partial charge in [-0.05, 0) is 30.4 Å². The molecule has 0 fully saturated rings. The van der Waals surface area contributed by atoms with Crippen LogP contribution in [0.15, 0.2) is 24.3 Å². The fourth-order valence-electron chi connectivity index (χ4n) is 2.41. The van der Waals surface area contributed by atoms with E-state index in [4.69, 9.17) is 4.74 Å². The molecule has 2 atom stereocenters. The molecule has 0 saturated heterocycles. The molecule has 1 aromatic carbocycles. The Morgan fingerprint density at radius 1 is 1.32 bits per heavy atom. The van der Waals surface area contributed by atoms with E-state index in [9.17, 15) is 18.3 Å². The summed E-state index contributed by atoms with van der Waals surface area (Å²) in [5.41, 5.74) is 2.00. The summed E-state index contributed by atoms with van der Waals surface area (Å²) in [6, 6.07) is 7.60. The van der Waals surface area contributed by atoms with Crippen LogP contribution in [0.25, 0.3) is 0 Å². The maximum Gasteiger partial charge on any atom is 0.389 e. The molecule has 1 aromatic rings. The van der Waals surface area contributed by atoms with Crippen molar-refractivity contribution in [3.63, 3.8) is 0 Å². The first kappa shape index (κ1) is 14.3. The van der Waals surface area contributed by atoms with Gasteiger partial charge in [-0.1, -0.05) is 24.3 Å². The molecule has 19 heavy (non-hydrogen) atoms. The minimum atomic E-state index is -4.16. The molecule has 0 amide bonds. The van der Waals surface area contributed by atoms with Gasteiger partial charge in [0.25, 0.3) is 0 Å². The number of halogens is 3. The number of aliphatic hydroxyl groups excluding tert-OH is 1. The summed E-state index contributed by atoms with van der Waals surface area (Å²) >= 11 is 0. The van der Waals surface area contributed by atoms with Crippen molar-refractivity contribution in [3.05, 3.63) is 35.4 Å². The maximum absolute atomic E-state index is 12.1. The zero-order valence-corrected chi connectivity index (χ0v) is 10.5. The normalized spacial score (nSPS) is 20.9. The first-order valence-corrected chi connectivity index (χ1v) is 6.41. The maximum atomic E-state index is 12.1. The molecule has 2 unspecified atom stereocenters. The van der Waals surface area contributed by atoms with Crippen molar-refractivity contribution >= 4 is 0 Å². The zero-order valence-electron chi connectivity index (χ0n) is 10.5. The van der Waals surface area contributed by atoms with Gasteiger partial charge in [0.2, 0.25) is 0 Å². The van der Waals surface area contributed by atoms with Crippen molar-refractivity contribution in [1.82, 2.24) is 0 Å². The van der Waals surface area contributed by atoms with Crippen molar-refractivity contribution in [2.24, 2.45) is 0 Å². The highest BCUT2D eigenvalue weighted by molar-refractivity contribution is 5.31. The van der Waals surface area contributed by atoms with Crippen LogP contribution >= 0.6 is 0 Å². The Morgan fingerprint density at radius 2 is 2.05 bits per heavy atom. The predicted molar refractivity (Wildman–Crippen MR) is 64.8 cm³/mol. The van der Waals surface area contributed by atoms with E-state index >= 15 is 0 Å². The van der Waals surface area contributed by atoms with E-state index in [1.165, 1.54) is 0 Å². The summed E-state index contributed by atoms with van der Waals surface area (Å²) in [6.07, 6.45) is -5.61. The van der Waals surface area contributed by atoms with Crippen LogP contribution in [0.5, 0.6) is 0 Å². The van der Waals surface area contributed by atoms with Gasteiger partial charge < -0.3 is 9.84 Å². The van der Waals surface area contributed by atoms with E-state index in [0.29, 0.717) is 6.61 Å². The molecule has 0 bridgehead atoms. The van der Waals surface area contributed by atoms with Crippen molar-refractivity contribution in [3.8, 4) is 0 Å². The Labute approximate surface area is 110 Å². The average Bonchev–Trinajstić information content (AvgIpc) is 2.36. The quantitative estimate of drug-likeness (QED) is 0.912. The van der Waals surface area contributed by atoms with E-state index in [2.05, 4.69) is 0 Å². The molecule has 0 spiro atoms. The smallest absolute Gasteiger partial charge is 0.389 e. The van der Waals surface area contributed by atoms with E-state index in [-0.39, 0.29) is 12.8 Å². The third-order valence-corrected chi connectivity index (χ3v) is 3.34. The largest absolute Gasteiger partial charge is 0.390 e. The highest BCUT2D eigenvalue weighted by Crippen LogP contribution is 2.32. The van der Waals surface area contributed by atoms with Crippen molar-refractivity contribution in [1.29, 1.82) is 0 Å². The second kappa shape index (κ2) is 5.92. The molecule has 0 radical (unpaired) electrons. The molecule has 0 saturated carbocycles. The van der Waals surface area contributed by atoms with Crippen LogP contribution in [0.1, 0.15) is 36.5 Å². The molecule has 1 N–H and O–H groups in total. The van der Waals surface area contributed by atoms with Gasteiger partial charge in [0.1, 0.15) is 6.10 Å². The number of benzene rings is 1. The van der Waals surface area contributed by atoms with Crippen LogP contribution in [-0.4, -0.2) is 24.0 Å². The number of alkyl halides is 3. The van der Waals surface area contributed by atoms with Gasteiger partial charge in [0.05, 0.1) is 12.7 Å². The summed E-state index contributed by atoms with van der Waals surface area (Å²) in [5, 5.41) is 10.0. The molecular weight excluding hydrogens is 257 g/mol. The number of rotatable bonds is 4. The van der Waals surface area contributed by atoms with Crippen LogP contribution in [0.4, 0.5) is 13.2 Å². The monoisotopic (exact) mass is 274 g/mol. The third-order valence-electron chi connectivity index (χ3n) is 3.34. The van der Waals surface area contributed by atoms with Gasteiger partial charge in [-0.25, -0.2) is 0 Å². The zero-order chi connectivity index (χ0) is 13.9. The summed E-state index contributed by atoms with van der Waals surface area (Å²) in [6.45, 7) is 0.498. The fourth-order valence-corrected chi connectivity index (χ4v) is 2.41. The lowest BCUT2D eigenvalue weighted by atomic mass is 9.92. The van der Waals surface area contributed by atoms with Gasteiger partial charge in [0, 0.05) is 6.42 Å². The predicted octanol–water partition coefficient (Wildman–Crippen LogP) is 3.39. The van der Waals surface area contributed by atoms with Gasteiger partial charge in [-0.2, -0.15) is 13.2 Å². The third kappa shape index (κ3) is 3.94. The molecular formula is C14H17F3O2. The van der Waals surface area contributed by atoms with Crippen LogP contribution in [0, 0.1) is 0 Å². The Bertz CT molecular complexity index is 417. The molecule has 106 valence electrons. The lowest BCUT2D eigenvalue weighted by molar-refractivity contribution is -0.138. The summed E-state index contributed by atoms with van der Waals surface area (Å²) in [4.78, 5) is 0. The van der Waals surface area contributed by atoms with Crippen molar-refractivity contribution < 1.29 is 23.0 Å².